The molecule has 164 valence electrons. The lowest BCUT2D eigenvalue weighted by atomic mass is 10.0. The standard InChI is InChI=1S/C21H19N3O2.C3H8.C2H6/c1-3-13(2)20(25)21-19(17-7-9-23-12-18(17)26-21)24-16-5-4-15-11-22-8-6-14(15)10-16;1-3-2;1-2/h4-13,24H,3H2,1-2H3;3H2,1-2H3;1-2H3. The van der Waals surface area contributed by atoms with E-state index in [9.17, 15) is 4.79 Å². The van der Waals surface area contributed by atoms with Crippen molar-refractivity contribution >= 4 is 38.9 Å². The molecule has 0 bridgehead atoms. The van der Waals surface area contributed by atoms with Crippen LogP contribution in [0.4, 0.5) is 11.4 Å². The summed E-state index contributed by atoms with van der Waals surface area (Å²) in [6.45, 7) is 12.2. The largest absolute Gasteiger partial charge is 0.449 e. The summed E-state index contributed by atoms with van der Waals surface area (Å²) in [6.07, 6.45) is 8.95. The molecule has 4 aromatic rings. The fraction of sp³-hybridized carbons (Fsp3) is 0.346. The Morgan fingerprint density at radius 2 is 1.68 bits per heavy atom. The van der Waals surface area contributed by atoms with Crippen molar-refractivity contribution in [3.8, 4) is 0 Å². The second-order valence-electron chi connectivity index (χ2n) is 7.12. The zero-order valence-corrected chi connectivity index (χ0v) is 19.4. The van der Waals surface area contributed by atoms with Crippen LogP contribution in [-0.2, 0) is 0 Å². The molecule has 0 amide bonds. The highest BCUT2D eigenvalue weighted by molar-refractivity contribution is 6.08. The molecule has 0 aliphatic rings. The Morgan fingerprint density at radius 3 is 2.39 bits per heavy atom. The first-order valence-electron chi connectivity index (χ1n) is 11.1. The van der Waals surface area contributed by atoms with Gasteiger partial charge in [0.25, 0.3) is 0 Å². The third-order valence-electron chi connectivity index (χ3n) is 4.69. The maximum Gasteiger partial charge on any atom is 0.203 e. The molecule has 1 unspecified atom stereocenters. The van der Waals surface area contributed by atoms with Gasteiger partial charge in [-0.2, -0.15) is 0 Å². The monoisotopic (exact) mass is 419 g/mol. The molecule has 0 radical (unpaired) electrons. The third-order valence-corrected chi connectivity index (χ3v) is 4.69. The van der Waals surface area contributed by atoms with E-state index < -0.39 is 0 Å². The number of pyridine rings is 2. The first-order valence-corrected chi connectivity index (χ1v) is 11.1. The minimum atomic E-state index is -0.105. The van der Waals surface area contributed by atoms with Crippen LogP contribution in [0.2, 0.25) is 0 Å². The van der Waals surface area contributed by atoms with Crippen molar-refractivity contribution in [3.63, 3.8) is 0 Å². The highest BCUT2D eigenvalue weighted by Crippen LogP contribution is 2.35. The number of carbonyl (C=O) groups excluding carboxylic acids is 1. The molecule has 1 aromatic carbocycles. The van der Waals surface area contributed by atoms with Gasteiger partial charge in [-0.1, -0.05) is 54.0 Å². The second kappa shape index (κ2) is 11.8. The van der Waals surface area contributed by atoms with Crippen molar-refractivity contribution < 1.29 is 9.21 Å². The molecule has 0 aliphatic heterocycles. The summed E-state index contributed by atoms with van der Waals surface area (Å²) in [4.78, 5) is 21.0. The molecule has 31 heavy (non-hydrogen) atoms. The summed E-state index contributed by atoms with van der Waals surface area (Å²) in [7, 11) is 0. The predicted octanol–water partition coefficient (Wildman–Crippen LogP) is 7.79. The first-order chi connectivity index (χ1) is 15.1. The second-order valence-corrected chi connectivity index (χ2v) is 7.12. The van der Waals surface area contributed by atoms with E-state index in [0.717, 1.165) is 28.3 Å². The Hall–Kier alpha value is -3.21. The Labute approximate surface area is 184 Å². The fourth-order valence-corrected chi connectivity index (χ4v) is 2.96. The van der Waals surface area contributed by atoms with Crippen LogP contribution < -0.4 is 5.32 Å². The predicted molar refractivity (Wildman–Crippen MR) is 130 cm³/mol. The van der Waals surface area contributed by atoms with Gasteiger partial charge in [-0.15, -0.1) is 0 Å². The van der Waals surface area contributed by atoms with Gasteiger partial charge in [0.15, 0.2) is 11.3 Å². The van der Waals surface area contributed by atoms with Crippen molar-refractivity contribution in [2.24, 2.45) is 5.92 Å². The molecule has 1 atom stereocenters. The Balaban J connectivity index is 0.000000630. The van der Waals surface area contributed by atoms with Gasteiger partial charge in [0.1, 0.15) is 0 Å². The normalized spacial score (nSPS) is 11.2. The molecule has 3 aromatic heterocycles. The summed E-state index contributed by atoms with van der Waals surface area (Å²) >= 11 is 0. The van der Waals surface area contributed by atoms with Crippen LogP contribution in [0.1, 0.15) is 64.9 Å². The van der Waals surface area contributed by atoms with E-state index >= 15 is 0 Å². The summed E-state index contributed by atoms with van der Waals surface area (Å²) in [5.41, 5.74) is 2.19. The number of rotatable bonds is 5. The lowest BCUT2D eigenvalue weighted by Gasteiger charge is -2.10. The van der Waals surface area contributed by atoms with Gasteiger partial charge in [-0.05, 0) is 36.1 Å². The zero-order chi connectivity index (χ0) is 22.8. The number of benzene rings is 1. The maximum atomic E-state index is 12.8. The van der Waals surface area contributed by atoms with Crippen LogP contribution in [0.15, 0.2) is 59.5 Å². The molecule has 1 N–H and O–H groups in total. The number of aromatic nitrogens is 2. The van der Waals surface area contributed by atoms with E-state index in [1.54, 1.807) is 18.6 Å². The number of furan rings is 1. The van der Waals surface area contributed by atoms with Gasteiger partial charge in [-0.25, -0.2) is 0 Å². The van der Waals surface area contributed by atoms with Crippen molar-refractivity contribution in [3.05, 3.63) is 60.9 Å². The molecular formula is C26H33N3O2. The van der Waals surface area contributed by atoms with E-state index in [2.05, 4.69) is 29.1 Å². The summed E-state index contributed by atoms with van der Waals surface area (Å²) in [5, 5.41) is 6.38. The van der Waals surface area contributed by atoms with E-state index in [1.165, 1.54) is 6.42 Å². The fourth-order valence-electron chi connectivity index (χ4n) is 2.96. The molecule has 0 saturated carbocycles. The van der Waals surface area contributed by atoms with E-state index in [1.807, 2.05) is 64.2 Å². The molecule has 0 aliphatic carbocycles. The van der Waals surface area contributed by atoms with Crippen LogP contribution >= 0.6 is 0 Å². The molecule has 5 nitrogen and oxygen atoms in total. The van der Waals surface area contributed by atoms with Crippen molar-refractivity contribution in [1.82, 2.24) is 9.97 Å². The van der Waals surface area contributed by atoms with Crippen LogP contribution in [0.25, 0.3) is 21.7 Å². The number of nitrogens with one attached hydrogen (secondary N) is 1. The highest BCUT2D eigenvalue weighted by Gasteiger charge is 2.24. The van der Waals surface area contributed by atoms with E-state index in [0.29, 0.717) is 17.0 Å². The average molecular weight is 420 g/mol. The van der Waals surface area contributed by atoms with Crippen molar-refractivity contribution in [2.45, 2.75) is 54.4 Å². The summed E-state index contributed by atoms with van der Waals surface area (Å²) in [5.74, 6) is 0.250. The number of Topliss-reactive ketones (excluding diaryl/α,β-unsaturated/α-hetero) is 1. The van der Waals surface area contributed by atoms with Crippen molar-refractivity contribution in [1.29, 1.82) is 0 Å². The topological polar surface area (TPSA) is 68.0 Å². The molecule has 0 saturated heterocycles. The first kappa shape index (κ1) is 24.1. The molecule has 3 heterocycles. The number of fused-ring (bicyclic) bond motifs is 2. The summed E-state index contributed by atoms with van der Waals surface area (Å²) < 4.78 is 5.86. The molecule has 5 heteroatoms. The van der Waals surface area contributed by atoms with Gasteiger partial charge in [0.05, 0.1) is 11.9 Å². The van der Waals surface area contributed by atoms with Gasteiger partial charge >= 0.3 is 0 Å². The minimum absolute atomic E-state index is 0.00353. The molecule has 4 rings (SSSR count). The highest BCUT2D eigenvalue weighted by atomic mass is 16.3. The third kappa shape index (κ3) is 5.69. The van der Waals surface area contributed by atoms with Gasteiger partial charge < -0.3 is 9.73 Å². The van der Waals surface area contributed by atoms with Gasteiger partial charge in [0.2, 0.25) is 5.78 Å². The lowest BCUT2D eigenvalue weighted by Crippen LogP contribution is -2.11. The van der Waals surface area contributed by atoms with Crippen LogP contribution in [-0.4, -0.2) is 15.8 Å². The zero-order valence-electron chi connectivity index (χ0n) is 19.4. The number of nitrogens with zero attached hydrogens (tertiary/aromatic N) is 2. The van der Waals surface area contributed by atoms with Crippen molar-refractivity contribution in [2.75, 3.05) is 5.32 Å². The average Bonchev–Trinajstić information content (AvgIpc) is 3.18. The number of ketones is 1. The van der Waals surface area contributed by atoms with E-state index in [-0.39, 0.29) is 11.7 Å². The molecule has 0 fully saturated rings. The Kier molecular flexibility index (Phi) is 9.19. The van der Waals surface area contributed by atoms with Gasteiger partial charge in [0, 0.05) is 41.0 Å². The molecular weight excluding hydrogens is 386 g/mol. The number of carbonyl (C=O) groups is 1. The number of hydrogen-bond acceptors (Lipinski definition) is 5. The SMILES string of the molecule is CC.CCC.CCC(C)C(=O)c1oc2cnccc2c1Nc1ccc2cnccc2c1. The smallest absolute Gasteiger partial charge is 0.203 e. The van der Waals surface area contributed by atoms with Crippen LogP contribution in [0.5, 0.6) is 0 Å². The summed E-state index contributed by atoms with van der Waals surface area (Å²) in [6, 6.07) is 9.84. The number of hydrogen-bond donors (Lipinski definition) is 1. The van der Waals surface area contributed by atoms with Gasteiger partial charge in [-0.3, -0.25) is 14.8 Å². The lowest BCUT2D eigenvalue weighted by molar-refractivity contribution is 0.0902. The quantitative estimate of drug-likeness (QED) is 0.334. The Morgan fingerprint density at radius 1 is 1.00 bits per heavy atom. The molecule has 0 spiro atoms. The maximum absolute atomic E-state index is 12.8. The minimum Gasteiger partial charge on any atom is -0.449 e. The Bertz CT molecular complexity index is 1120. The number of anilines is 2. The van der Waals surface area contributed by atoms with Crippen LogP contribution in [0.3, 0.4) is 0 Å². The van der Waals surface area contributed by atoms with Crippen LogP contribution in [0, 0.1) is 5.92 Å². The van der Waals surface area contributed by atoms with E-state index in [4.69, 9.17) is 4.42 Å².